The number of hydrogen-bond donors (Lipinski definition) is 1. The smallest absolute Gasteiger partial charge is 0.340 e. The van der Waals surface area contributed by atoms with Crippen LogP contribution in [0.1, 0.15) is 36.7 Å². The molecule has 0 radical (unpaired) electrons. The van der Waals surface area contributed by atoms with E-state index in [0.717, 1.165) is 23.0 Å². The summed E-state index contributed by atoms with van der Waals surface area (Å²) in [6, 6.07) is 12.3. The van der Waals surface area contributed by atoms with Crippen LogP contribution in [-0.2, 0) is 27.7 Å². The molecule has 0 bridgehead atoms. The number of nitrogens with zero attached hydrogens (tertiary/aromatic N) is 1. The summed E-state index contributed by atoms with van der Waals surface area (Å²) in [5.74, 6) is -1.63. The van der Waals surface area contributed by atoms with Crippen molar-refractivity contribution in [2.24, 2.45) is 0 Å². The molecule has 0 atom stereocenters. The Morgan fingerprint density at radius 2 is 1.91 bits per heavy atom. The van der Waals surface area contributed by atoms with E-state index in [4.69, 9.17) is 4.74 Å². The summed E-state index contributed by atoms with van der Waals surface area (Å²) in [5.41, 5.74) is 1.89. The minimum Gasteiger partial charge on any atom is -0.465 e. The fourth-order valence-corrected chi connectivity index (χ4v) is 6.76. The van der Waals surface area contributed by atoms with Gasteiger partial charge in [-0.25, -0.2) is 17.6 Å². The number of aryl methyl sites for hydroxylation is 1. The highest BCUT2D eigenvalue weighted by molar-refractivity contribution is 7.94. The Morgan fingerprint density at radius 1 is 1.15 bits per heavy atom. The van der Waals surface area contributed by atoms with Gasteiger partial charge in [0.15, 0.2) is 4.21 Å². The minimum atomic E-state index is -4.10. The summed E-state index contributed by atoms with van der Waals surface area (Å²) >= 11 is 0.938. The van der Waals surface area contributed by atoms with E-state index in [0.29, 0.717) is 16.1 Å². The number of rotatable bonds is 5. The lowest BCUT2D eigenvalue weighted by molar-refractivity contribution is 0.0595. The molecule has 1 amide bonds. The molecule has 3 aromatic rings. The van der Waals surface area contributed by atoms with Gasteiger partial charge in [-0.05, 0) is 48.7 Å². The van der Waals surface area contributed by atoms with Crippen molar-refractivity contribution in [2.75, 3.05) is 18.4 Å². The molecule has 4 rings (SSSR count). The number of thiophene rings is 1. The second-order valence-electron chi connectivity index (χ2n) is 7.57. The van der Waals surface area contributed by atoms with Gasteiger partial charge in [0.2, 0.25) is 0 Å². The maximum Gasteiger partial charge on any atom is 0.340 e. The number of fused-ring (bicyclic) bond motifs is 1. The first-order chi connectivity index (χ1) is 15.7. The average Bonchev–Trinajstić information content (AvgIpc) is 3.19. The van der Waals surface area contributed by atoms with Gasteiger partial charge in [-0.3, -0.25) is 9.52 Å². The second kappa shape index (κ2) is 8.95. The Kier molecular flexibility index (Phi) is 6.22. The SMILES string of the molecule is COC(=O)c1c(S(=O)(=O)Nc2ccccc2C)sc2c1CCN(C(=O)c1cccc(F)c1)C2. The Balaban J connectivity index is 1.71. The lowest BCUT2D eigenvalue weighted by atomic mass is 10.0. The number of ether oxygens (including phenoxy) is 1. The number of carbonyl (C=O) groups is 2. The largest absolute Gasteiger partial charge is 0.465 e. The Labute approximate surface area is 194 Å². The predicted molar refractivity (Wildman–Crippen MR) is 122 cm³/mol. The number of anilines is 1. The topological polar surface area (TPSA) is 92.8 Å². The lowest BCUT2D eigenvalue weighted by Crippen LogP contribution is -2.35. The van der Waals surface area contributed by atoms with Gasteiger partial charge in [-0.15, -0.1) is 11.3 Å². The zero-order chi connectivity index (χ0) is 23.8. The molecule has 0 saturated carbocycles. The number of benzene rings is 2. The van der Waals surface area contributed by atoms with Crippen LogP contribution in [0.5, 0.6) is 0 Å². The van der Waals surface area contributed by atoms with Crippen LogP contribution in [0.3, 0.4) is 0 Å². The maximum atomic E-state index is 13.6. The third-order valence-electron chi connectivity index (χ3n) is 5.41. The van der Waals surface area contributed by atoms with E-state index >= 15 is 0 Å². The maximum absolute atomic E-state index is 13.6. The molecular formula is C23H21FN2O5S2. The van der Waals surface area contributed by atoms with Crippen molar-refractivity contribution < 1.29 is 27.1 Å². The van der Waals surface area contributed by atoms with Crippen LogP contribution in [0.15, 0.2) is 52.7 Å². The summed E-state index contributed by atoms with van der Waals surface area (Å²) in [4.78, 5) is 27.5. The first-order valence-electron chi connectivity index (χ1n) is 10.1. The van der Waals surface area contributed by atoms with Gasteiger partial charge in [0.1, 0.15) is 5.82 Å². The van der Waals surface area contributed by atoms with Gasteiger partial charge in [-0.2, -0.15) is 0 Å². The lowest BCUT2D eigenvalue weighted by Gasteiger charge is -2.27. The summed E-state index contributed by atoms with van der Waals surface area (Å²) < 4.78 is 47.4. The number of nitrogens with one attached hydrogen (secondary N) is 1. The van der Waals surface area contributed by atoms with Gasteiger partial charge in [0.05, 0.1) is 24.9 Å². The van der Waals surface area contributed by atoms with E-state index in [2.05, 4.69) is 4.72 Å². The predicted octanol–water partition coefficient (Wildman–Crippen LogP) is 3.98. The van der Waals surface area contributed by atoms with Crippen LogP contribution in [0.25, 0.3) is 0 Å². The molecule has 33 heavy (non-hydrogen) atoms. The van der Waals surface area contributed by atoms with Crippen molar-refractivity contribution in [3.05, 3.63) is 81.5 Å². The molecule has 1 N–H and O–H groups in total. The van der Waals surface area contributed by atoms with Gasteiger partial charge in [-0.1, -0.05) is 24.3 Å². The van der Waals surface area contributed by atoms with Crippen molar-refractivity contribution in [1.82, 2.24) is 4.90 Å². The third-order valence-corrected chi connectivity index (χ3v) is 8.51. The standard InChI is InChI=1S/C23H21FN2O5S2/c1-14-6-3-4-9-18(14)25-33(29,30)23-20(22(28)31-2)17-10-11-26(13-19(17)32-23)21(27)15-7-5-8-16(24)12-15/h3-9,12,25H,10-11,13H2,1-2H3. The zero-order valence-corrected chi connectivity index (χ0v) is 19.6. The highest BCUT2D eigenvalue weighted by Gasteiger charge is 2.35. The highest BCUT2D eigenvalue weighted by atomic mass is 32.2. The van der Waals surface area contributed by atoms with Crippen LogP contribution < -0.4 is 4.72 Å². The number of para-hydroxylation sites is 1. The molecule has 2 heterocycles. The number of methoxy groups -OCH3 is 1. The van der Waals surface area contributed by atoms with Crippen LogP contribution in [0.4, 0.5) is 10.1 Å². The van der Waals surface area contributed by atoms with Crippen LogP contribution in [-0.4, -0.2) is 38.8 Å². The molecule has 10 heteroatoms. The monoisotopic (exact) mass is 488 g/mol. The molecule has 0 spiro atoms. The van der Waals surface area contributed by atoms with Gasteiger partial charge in [0.25, 0.3) is 15.9 Å². The molecule has 7 nitrogen and oxygen atoms in total. The van der Waals surface area contributed by atoms with E-state index in [-0.39, 0.29) is 40.8 Å². The molecule has 1 aromatic heterocycles. The Hall–Kier alpha value is -3.24. The van der Waals surface area contributed by atoms with Crippen LogP contribution >= 0.6 is 11.3 Å². The number of sulfonamides is 1. The van der Waals surface area contributed by atoms with E-state index in [9.17, 15) is 22.4 Å². The summed E-state index contributed by atoms with van der Waals surface area (Å²) in [5, 5.41) is 0. The summed E-state index contributed by atoms with van der Waals surface area (Å²) in [6.45, 7) is 2.14. The van der Waals surface area contributed by atoms with Gasteiger partial charge in [0, 0.05) is 17.0 Å². The van der Waals surface area contributed by atoms with Crippen molar-refractivity contribution >= 4 is 38.9 Å². The van der Waals surface area contributed by atoms with Crippen molar-refractivity contribution in [3.63, 3.8) is 0 Å². The normalized spacial score (nSPS) is 13.4. The summed E-state index contributed by atoms with van der Waals surface area (Å²) in [6.07, 6.45) is 0.275. The van der Waals surface area contributed by atoms with E-state index in [1.807, 2.05) is 0 Å². The number of halogens is 1. The Bertz CT molecular complexity index is 1350. The van der Waals surface area contributed by atoms with Gasteiger partial charge >= 0.3 is 5.97 Å². The third kappa shape index (κ3) is 4.49. The Morgan fingerprint density at radius 3 is 2.61 bits per heavy atom. The molecule has 2 aromatic carbocycles. The molecule has 1 aliphatic rings. The molecule has 0 saturated heterocycles. The molecular weight excluding hydrogens is 467 g/mol. The summed E-state index contributed by atoms with van der Waals surface area (Å²) in [7, 11) is -2.90. The van der Waals surface area contributed by atoms with Crippen molar-refractivity contribution in [3.8, 4) is 0 Å². The quantitative estimate of drug-likeness (QED) is 0.549. The fraction of sp³-hybridized carbons (Fsp3) is 0.217. The highest BCUT2D eigenvalue weighted by Crippen LogP contribution is 2.38. The van der Waals surface area contributed by atoms with Crippen molar-refractivity contribution in [1.29, 1.82) is 0 Å². The van der Waals surface area contributed by atoms with E-state index in [1.165, 1.54) is 30.2 Å². The molecule has 0 unspecified atom stereocenters. The molecule has 172 valence electrons. The number of amides is 1. The fourth-order valence-electron chi connectivity index (χ4n) is 3.73. The van der Waals surface area contributed by atoms with Gasteiger partial charge < -0.3 is 9.64 Å². The zero-order valence-electron chi connectivity index (χ0n) is 17.9. The van der Waals surface area contributed by atoms with E-state index in [1.54, 1.807) is 31.2 Å². The molecule has 1 aliphatic heterocycles. The van der Waals surface area contributed by atoms with Crippen LogP contribution in [0.2, 0.25) is 0 Å². The van der Waals surface area contributed by atoms with Crippen molar-refractivity contribution in [2.45, 2.75) is 24.1 Å². The first kappa shape index (κ1) is 22.9. The number of carbonyl (C=O) groups excluding carboxylic acids is 2. The molecule has 0 fully saturated rings. The van der Waals surface area contributed by atoms with Crippen LogP contribution in [0, 0.1) is 12.7 Å². The number of esters is 1. The second-order valence-corrected chi connectivity index (χ2v) is 10.5. The average molecular weight is 489 g/mol. The minimum absolute atomic E-state index is 0.00330. The first-order valence-corrected chi connectivity index (χ1v) is 12.4. The number of hydrogen-bond acceptors (Lipinski definition) is 6. The molecule has 0 aliphatic carbocycles. The van der Waals surface area contributed by atoms with E-state index < -0.39 is 21.8 Å².